The molecule has 0 radical (unpaired) electrons. The van der Waals surface area contributed by atoms with E-state index >= 15 is 0 Å². The summed E-state index contributed by atoms with van der Waals surface area (Å²) in [5.41, 5.74) is 0.230. The van der Waals surface area contributed by atoms with Gasteiger partial charge in [-0.25, -0.2) is 8.42 Å². The van der Waals surface area contributed by atoms with Gasteiger partial charge >= 0.3 is 0 Å². The predicted octanol–water partition coefficient (Wildman–Crippen LogP) is 2.75. The summed E-state index contributed by atoms with van der Waals surface area (Å²) in [6.07, 6.45) is 0. The molecule has 0 bridgehead atoms. The Balaban J connectivity index is 2.40. The SMILES string of the molecule is COc1cc(OC)cc(C(=O)C(C)S(=O)(=O)c2ccccc2)c1. The molecule has 0 fully saturated rings. The van der Waals surface area contributed by atoms with E-state index in [1.807, 2.05) is 0 Å². The van der Waals surface area contributed by atoms with Crippen molar-refractivity contribution in [3.05, 3.63) is 54.1 Å². The highest BCUT2D eigenvalue weighted by atomic mass is 32.2. The van der Waals surface area contributed by atoms with Crippen LogP contribution in [0.2, 0.25) is 0 Å². The van der Waals surface area contributed by atoms with E-state index in [1.165, 1.54) is 45.4 Å². The second-order valence-corrected chi connectivity index (χ2v) is 7.23. The van der Waals surface area contributed by atoms with E-state index in [0.717, 1.165) is 0 Å². The van der Waals surface area contributed by atoms with E-state index in [0.29, 0.717) is 11.5 Å². The van der Waals surface area contributed by atoms with E-state index < -0.39 is 20.9 Å². The number of hydrogen-bond donors (Lipinski definition) is 0. The third kappa shape index (κ3) is 3.53. The molecule has 0 aliphatic carbocycles. The molecule has 0 aromatic heterocycles. The summed E-state index contributed by atoms with van der Waals surface area (Å²) >= 11 is 0. The Hall–Kier alpha value is -2.34. The number of methoxy groups -OCH3 is 2. The summed E-state index contributed by atoms with van der Waals surface area (Å²) < 4.78 is 35.4. The number of hydrogen-bond acceptors (Lipinski definition) is 5. The van der Waals surface area contributed by atoms with Crippen molar-refractivity contribution < 1.29 is 22.7 Å². The molecule has 2 aromatic rings. The molecule has 5 nitrogen and oxygen atoms in total. The van der Waals surface area contributed by atoms with Crippen LogP contribution < -0.4 is 9.47 Å². The lowest BCUT2D eigenvalue weighted by molar-refractivity contribution is 0.0990. The van der Waals surface area contributed by atoms with Gasteiger partial charge in [0.25, 0.3) is 0 Å². The molecule has 1 unspecified atom stereocenters. The topological polar surface area (TPSA) is 69.7 Å². The molecule has 2 aromatic carbocycles. The molecule has 0 N–H and O–H groups in total. The van der Waals surface area contributed by atoms with Gasteiger partial charge in [-0.3, -0.25) is 4.79 Å². The lowest BCUT2D eigenvalue weighted by Crippen LogP contribution is -2.27. The summed E-state index contributed by atoms with van der Waals surface area (Å²) in [5, 5.41) is -1.21. The van der Waals surface area contributed by atoms with Gasteiger partial charge in [0.05, 0.1) is 19.1 Å². The van der Waals surface area contributed by atoms with Gasteiger partial charge < -0.3 is 9.47 Å². The van der Waals surface area contributed by atoms with Crippen molar-refractivity contribution in [2.75, 3.05) is 14.2 Å². The number of ether oxygens (including phenoxy) is 2. The fourth-order valence-corrected chi connectivity index (χ4v) is 3.50. The molecule has 23 heavy (non-hydrogen) atoms. The third-order valence-electron chi connectivity index (χ3n) is 3.54. The predicted molar refractivity (Wildman–Crippen MR) is 87.0 cm³/mol. The number of ketones is 1. The average molecular weight is 334 g/mol. The van der Waals surface area contributed by atoms with E-state index in [4.69, 9.17) is 9.47 Å². The largest absolute Gasteiger partial charge is 0.497 e. The Kier molecular flexibility index (Phi) is 5.05. The van der Waals surface area contributed by atoms with Crippen LogP contribution in [0.3, 0.4) is 0 Å². The monoisotopic (exact) mass is 334 g/mol. The van der Waals surface area contributed by atoms with Gasteiger partial charge in [-0.1, -0.05) is 18.2 Å². The Morgan fingerprint density at radius 1 is 0.957 bits per heavy atom. The molecule has 0 heterocycles. The molecular weight excluding hydrogens is 316 g/mol. The average Bonchev–Trinajstić information content (AvgIpc) is 2.60. The van der Waals surface area contributed by atoms with Crippen molar-refractivity contribution >= 4 is 15.6 Å². The Morgan fingerprint density at radius 2 is 1.48 bits per heavy atom. The third-order valence-corrected chi connectivity index (χ3v) is 5.62. The van der Waals surface area contributed by atoms with Crippen molar-refractivity contribution in [3.63, 3.8) is 0 Å². The molecule has 0 saturated carbocycles. The smallest absolute Gasteiger partial charge is 0.188 e. The number of rotatable bonds is 6. The molecule has 0 aliphatic rings. The van der Waals surface area contributed by atoms with E-state index in [9.17, 15) is 13.2 Å². The zero-order valence-electron chi connectivity index (χ0n) is 13.1. The number of Topliss-reactive ketones (excluding diaryl/α,β-unsaturated/α-hetero) is 1. The van der Waals surface area contributed by atoms with Crippen LogP contribution in [0.1, 0.15) is 17.3 Å². The molecule has 1 atom stereocenters. The standard InChI is InChI=1S/C17H18O5S/c1-12(23(19,20)16-7-5-4-6-8-16)17(18)13-9-14(21-2)11-15(10-13)22-3/h4-12H,1-3H3. The first-order valence-electron chi connectivity index (χ1n) is 6.96. The van der Waals surface area contributed by atoms with Crippen molar-refractivity contribution in [2.45, 2.75) is 17.1 Å². The lowest BCUT2D eigenvalue weighted by atomic mass is 10.1. The van der Waals surface area contributed by atoms with Gasteiger partial charge in [-0.15, -0.1) is 0 Å². The number of sulfone groups is 1. The van der Waals surface area contributed by atoms with Crippen LogP contribution in [0.5, 0.6) is 11.5 Å². The Labute approximate surface area is 135 Å². The van der Waals surface area contributed by atoms with Crippen LogP contribution in [0.4, 0.5) is 0 Å². The maximum Gasteiger partial charge on any atom is 0.188 e. The van der Waals surface area contributed by atoms with Crippen LogP contribution in [-0.2, 0) is 9.84 Å². The van der Waals surface area contributed by atoms with Gasteiger partial charge in [-0.05, 0) is 31.2 Å². The minimum absolute atomic E-state index is 0.121. The molecule has 6 heteroatoms. The summed E-state index contributed by atoms with van der Waals surface area (Å²) in [6, 6.07) is 12.5. The summed E-state index contributed by atoms with van der Waals surface area (Å²) in [4.78, 5) is 12.7. The van der Waals surface area contributed by atoms with E-state index in [2.05, 4.69) is 0 Å². The van der Waals surface area contributed by atoms with Crippen molar-refractivity contribution in [2.24, 2.45) is 0 Å². The molecule has 0 saturated heterocycles. The van der Waals surface area contributed by atoms with Gasteiger partial charge in [0.2, 0.25) is 0 Å². The molecule has 122 valence electrons. The van der Waals surface area contributed by atoms with Crippen molar-refractivity contribution in [1.29, 1.82) is 0 Å². The lowest BCUT2D eigenvalue weighted by Gasteiger charge is -2.14. The van der Waals surface area contributed by atoms with E-state index in [1.54, 1.807) is 24.3 Å². The summed E-state index contributed by atoms with van der Waals surface area (Å²) in [6.45, 7) is 1.39. The first-order valence-corrected chi connectivity index (χ1v) is 8.51. The van der Waals surface area contributed by atoms with Crippen LogP contribution in [0.15, 0.2) is 53.4 Å². The highest BCUT2D eigenvalue weighted by molar-refractivity contribution is 7.92. The highest BCUT2D eigenvalue weighted by Gasteiger charge is 2.30. The van der Waals surface area contributed by atoms with Crippen molar-refractivity contribution in [1.82, 2.24) is 0 Å². The number of benzene rings is 2. The highest BCUT2D eigenvalue weighted by Crippen LogP contribution is 2.26. The minimum Gasteiger partial charge on any atom is -0.497 e. The second-order valence-electron chi connectivity index (χ2n) is 4.97. The summed E-state index contributed by atoms with van der Waals surface area (Å²) in [5.74, 6) is 0.347. The van der Waals surface area contributed by atoms with Crippen LogP contribution in [0.25, 0.3) is 0 Å². The second kappa shape index (κ2) is 6.83. The molecule has 2 rings (SSSR count). The minimum atomic E-state index is -3.76. The molecule has 0 aliphatic heterocycles. The first-order chi connectivity index (χ1) is 10.9. The fourth-order valence-electron chi connectivity index (χ4n) is 2.14. The zero-order valence-corrected chi connectivity index (χ0v) is 14.0. The zero-order chi connectivity index (χ0) is 17.0. The molecule has 0 spiro atoms. The van der Waals surface area contributed by atoms with E-state index in [-0.39, 0.29) is 10.5 Å². The first kappa shape index (κ1) is 17.0. The maximum atomic E-state index is 12.6. The maximum absolute atomic E-state index is 12.6. The number of carbonyl (C=O) groups is 1. The molecular formula is C17H18O5S. The van der Waals surface area contributed by atoms with Gasteiger partial charge in [0, 0.05) is 11.6 Å². The van der Waals surface area contributed by atoms with Crippen molar-refractivity contribution in [3.8, 4) is 11.5 Å². The Morgan fingerprint density at radius 3 is 1.96 bits per heavy atom. The van der Waals surface area contributed by atoms with Crippen LogP contribution in [-0.4, -0.2) is 33.7 Å². The molecule has 0 amide bonds. The fraction of sp³-hybridized carbons (Fsp3) is 0.235. The van der Waals surface area contributed by atoms with Gasteiger partial charge in [0.15, 0.2) is 15.6 Å². The Bertz CT molecular complexity index is 775. The quantitative estimate of drug-likeness (QED) is 0.760. The van der Waals surface area contributed by atoms with Crippen LogP contribution >= 0.6 is 0 Å². The summed E-state index contributed by atoms with van der Waals surface area (Å²) in [7, 11) is -0.826. The van der Waals surface area contributed by atoms with Crippen LogP contribution in [0, 0.1) is 0 Å². The van der Waals surface area contributed by atoms with Gasteiger partial charge in [0.1, 0.15) is 16.7 Å². The number of carbonyl (C=O) groups excluding carboxylic acids is 1. The normalized spacial score (nSPS) is 12.5. The van der Waals surface area contributed by atoms with Gasteiger partial charge in [-0.2, -0.15) is 0 Å².